The molecule has 2 aromatic rings. The van der Waals surface area contributed by atoms with Crippen LogP contribution in [0.4, 0.5) is 16.2 Å². The molecule has 1 saturated heterocycles. The predicted molar refractivity (Wildman–Crippen MR) is 92.1 cm³/mol. The highest BCUT2D eigenvalue weighted by atomic mass is 35.5. The summed E-state index contributed by atoms with van der Waals surface area (Å²) in [7, 11) is 2.88. The van der Waals surface area contributed by atoms with E-state index in [0.29, 0.717) is 11.3 Å². The lowest BCUT2D eigenvalue weighted by atomic mass is 9.99. The fourth-order valence-corrected chi connectivity index (χ4v) is 3.42. The van der Waals surface area contributed by atoms with Crippen LogP contribution in [0.5, 0.6) is 0 Å². The lowest BCUT2D eigenvalue weighted by molar-refractivity contribution is -0.106. The van der Waals surface area contributed by atoms with Crippen LogP contribution in [-0.2, 0) is 13.8 Å². The first-order valence-corrected chi connectivity index (χ1v) is 8.79. The Kier molecular flexibility index (Phi) is 5.27. The highest BCUT2D eigenvalue weighted by Crippen LogP contribution is 2.42. The number of aliphatic hydroxyl groups excluding tert-OH is 1. The van der Waals surface area contributed by atoms with Crippen molar-refractivity contribution in [1.82, 2.24) is 19.5 Å². The fourth-order valence-electron chi connectivity index (χ4n) is 2.85. The average Bonchev–Trinajstić information content (AvgIpc) is 3.13. The summed E-state index contributed by atoms with van der Waals surface area (Å²) in [5.41, 5.74) is 4.82. The van der Waals surface area contributed by atoms with Crippen molar-refractivity contribution in [3.05, 3.63) is 6.33 Å². The molecule has 3 rings (SSSR count). The molecule has 0 aliphatic carbocycles. The molecule has 1 fully saturated rings. The molecule has 0 spiro atoms. The second kappa shape index (κ2) is 7.16. The minimum atomic E-state index is -1.85. The molecule has 0 bridgehead atoms. The molecule has 13 heteroatoms. The van der Waals surface area contributed by atoms with Crippen molar-refractivity contribution in [2.75, 3.05) is 37.2 Å². The minimum absolute atomic E-state index is 0.0194. The van der Waals surface area contributed by atoms with Crippen molar-refractivity contribution in [1.29, 1.82) is 0 Å². The van der Waals surface area contributed by atoms with E-state index in [0.717, 1.165) is 0 Å². The van der Waals surface area contributed by atoms with Gasteiger partial charge in [0, 0.05) is 14.1 Å². The molecule has 0 saturated carbocycles. The lowest BCUT2D eigenvalue weighted by Gasteiger charge is -2.27. The zero-order chi connectivity index (χ0) is 19.1. The molecular formula is C13H17ClFN6O4P. The number of halogens is 2. The highest BCUT2D eigenvalue weighted by molar-refractivity contribution is 7.17. The van der Waals surface area contributed by atoms with Gasteiger partial charge in [-0.2, -0.15) is 9.97 Å². The molecule has 142 valence electrons. The summed E-state index contributed by atoms with van der Waals surface area (Å²) in [6.07, 6.45) is -3.40. The Labute approximate surface area is 154 Å². The zero-order valence-corrected chi connectivity index (χ0v) is 15.6. The van der Waals surface area contributed by atoms with Crippen LogP contribution in [0.25, 0.3) is 11.2 Å². The molecule has 0 amide bonds. The number of hydrogen-bond acceptors (Lipinski definition) is 9. The van der Waals surface area contributed by atoms with Crippen molar-refractivity contribution in [3.8, 4) is 0 Å². The fraction of sp³-hybridized carbons (Fsp3) is 0.615. The maximum Gasteiger partial charge on any atom is 0.327 e. The van der Waals surface area contributed by atoms with Gasteiger partial charge in [0.1, 0.15) is 11.7 Å². The summed E-state index contributed by atoms with van der Waals surface area (Å²) in [5.74, 6) is 0.166. The highest BCUT2D eigenvalue weighted by Gasteiger charge is 2.56. The lowest BCUT2D eigenvalue weighted by Crippen LogP contribution is -2.47. The van der Waals surface area contributed by atoms with Crippen molar-refractivity contribution < 1.29 is 23.3 Å². The number of nitrogens with zero attached hydrogens (tertiary/aromatic N) is 5. The molecule has 0 unspecified atom stereocenters. The second-order valence-electron chi connectivity index (χ2n) is 6.07. The summed E-state index contributed by atoms with van der Waals surface area (Å²) < 4.78 is 37.2. The van der Waals surface area contributed by atoms with Gasteiger partial charge in [-0.3, -0.25) is 9.09 Å². The van der Waals surface area contributed by atoms with E-state index in [1.54, 1.807) is 19.0 Å². The summed E-state index contributed by atoms with van der Waals surface area (Å²) in [4.78, 5) is 14.1. The van der Waals surface area contributed by atoms with E-state index < -0.39 is 32.8 Å². The molecule has 4 atom stereocenters. The van der Waals surface area contributed by atoms with Gasteiger partial charge in [0.2, 0.25) is 5.95 Å². The van der Waals surface area contributed by atoms with E-state index in [4.69, 9.17) is 26.6 Å². The van der Waals surface area contributed by atoms with Crippen molar-refractivity contribution in [2.24, 2.45) is 0 Å². The standard InChI is InChI=1S/C13H17ClFN6O4P/c1-20(2)9-7-10(19-12(16)18-9)21(5-17-7)11-6(15)8(22)13(3-14,25-11)4-24-26-23/h5-6,8,11,22H,3-4H2,1-2H3,(H2,16,18,19)/t6-,8+,11-,13-/m1/s1. The smallest absolute Gasteiger partial charge is 0.327 e. The molecule has 2 aromatic heterocycles. The number of imidazole rings is 1. The van der Waals surface area contributed by atoms with Crippen molar-refractivity contribution in [3.63, 3.8) is 0 Å². The van der Waals surface area contributed by atoms with Crippen LogP contribution in [0.1, 0.15) is 6.23 Å². The Morgan fingerprint density at radius 2 is 2.31 bits per heavy atom. The van der Waals surface area contributed by atoms with E-state index >= 15 is 0 Å². The monoisotopic (exact) mass is 406 g/mol. The number of rotatable bonds is 6. The van der Waals surface area contributed by atoms with E-state index in [1.165, 1.54) is 10.9 Å². The molecular weight excluding hydrogens is 390 g/mol. The number of aromatic nitrogens is 4. The molecule has 1 aliphatic rings. The minimum Gasteiger partial charge on any atom is -0.387 e. The maximum absolute atomic E-state index is 14.8. The van der Waals surface area contributed by atoms with E-state index in [-0.39, 0.29) is 24.1 Å². The van der Waals surface area contributed by atoms with Gasteiger partial charge in [0.25, 0.3) is 0 Å². The summed E-state index contributed by atoms with van der Waals surface area (Å²) >= 11 is 5.88. The number of fused-ring (bicyclic) bond motifs is 1. The molecule has 10 nitrogen and oxygen atoms in total. The van der Waals surface area contributed by atoms with Gasteiger partial charge >= 0.3 is 8.69 Å². The summed E-state index contributed by atoms with van der Waals surface area (Å²) in [5, 5.41) is 10.3. The second-order valence-corrected chi connectivity index (χ2v) is 6.74. The van der Waals surface area contributed by atoms with Crippen LogP contribution in [0.15, 0.2) is 6.33 Å². The van der Waals surface area contributed by atoms with Gasteiger partial charge in [-0.05, 0) is 0 Å². The van der Waals surface area contributed by atoms with Crippen LogP contribution >= 0.6 is 20.3 Å². The number of nitrogens with two attached hydrogens (primary N) is 1. The number of ether oxygens (including phenoxy) is 1. The third-order valence-corrected chi connectivity index (χ3v) is 4.86. The summed E-state index contributed by atoms with van der Waals surface area (Å²) in [6.45, 7) is -0.355. The number of alkyl halides is 2. The van der Waals surface area contributed by atoms with Crippen molar-refractivity contribution >= 4 is 43.2 Å². The SMILES string of the molecule is CN(C)c1nc(N)nc2c1ncn2[C@@H]1O[C@](CCl)(COP=O)[C@@H](O)[C@H]1F. The number of hydrogen-bond donors (Lipinski definition) is 2. The predicted octanol–water partition coefficient (Wildman–Crippen LogP) is 0.903. The Morgan fingerprint density at radius 3 is 2.92 bits per heavy atom. The largest absolute Gasteiger partial charge is 0.387 e. The number of anilines is 2. The normalized spacial score (nSPS) is 28.9. The third kappa shape index (κ3) is 2.99. The molecule has 3 N–H and O–H groups in total. The first-order chi connectivity index (χ1) is 12.3. The molecule has 26 heavy (non-hydrogen) atoms. The van der Waals surface area contributed by atoms with E-state index in [1.807, 2.05) is 0 Å². The van der Waals surface area contributed by atoms with Crippen LogP contribution in [0.2, 0.25) is 0 Å². The van der Waals surface area contributed by atoms with Gasteiger partial charge in [-0.1, -0.05) is 0 Å². The average molecular weight is 407 g/mol. The Morgan fingerprint density at radius 1 is 1.58 bits per heavy atom. The first kappa shape index (κ1) is 19.1. The number of nitrogen functional groups attached to an aromatic ring is 1. The van der Waals surface area contributed by atoms with E-state index in [2.05, 4.69) is 15.0 Å². The Balaban J connectivity index is 2.05. The van der Waals surface area contributed by atoms with Gasteiger partial charge in [0.15, 0.2) is 29.4 Å². The maximum atomic E-state index is 14.8. The molecule has 3 heterocycles. The van der Waals surface area contributed by atoms with Gasteiger partial charge in [-0.15, -0.1) is 11.6 Å². The van der Waals surface area contributed by atoms with Gasteiger partial charge in [0.05, 0.1) is 18.8 Å². The molecule has 0 radical (unpaired) electrons. The van der Waals surface area contributed by atoms with Crippen LogP contribution < -0.4 is 10.6 Å². The number of aliphatic hydroxyl groups is 1. The summed E-state index contributed by atoms with van der Waals surface area (Å²) in [6, 6.07) is 0. The van der Waals surface area contributed by atoms with Gasteiger partial charge < -0.3 is 20.5 Å². The third-order valence-electron chi connectivity index (χ3n) is 4.17. The van der Waals surface area contributed by atoms with Gasteiger partial charge in [-0.25, -0.2) is 13.9 Å². The Hall–Kier alpha value is -1.65. The van der Waals surface area contributed by atoms with Crippen LogP contribution in [0, 0.1) is 0 Å². The van der Waals surface area contributed by atoms with Crippen LogP contribution in [-0.4, -0.2) is 69.1 Å². The van der Waals surface area contributed by atoms with Crippen LogP contribution in [0.3, 0.4) is 0 Å². The molecule has 0 aromatic carbocycles. The Bertz CT molecular complexity index is 825. The zero-order valence-electron chi connectivity index (χ0n) is 13.9. The van der Waals surface area contributed by atoms with Crippen molar-refractivity contribution in [2.45, 2.75) is 24.1 Å². The first-order valence-electron chi connectivity index (χ1n) is 7.52. The van der Waals surface area contributed by atoms with E-state index in [9.17, 15) is 14.1 Å². The topological polar surface area (TPSA) is 129 Å². The molecule has 1 aliphatic heterocycles. The quantitative estimate of drug-likeness (QED) is 0.531.